The van der Waals surface area contributed by atoms with Crippen LogP contribution < -0.4 is 5.11 Å². The van der Waals surface area contributed by atoms with E-state index < -0.39 is 40.6 Å². The molecule has 9 nitrogen and oxygen atoms in total. The zero-order valence-electron chi connectivity index (χ0n) is 7.47. The largest absolute Gasteiger partial charge is 0.726 e. The lowest BCUT2D eigenvalue weighted by molar-refractivity contribution is -0.307. The summed E-state index contributed by atoms with van der Waals surface area (Å²) in [6.45, 7) is 0. The summed E-state index contributed by atoms with van der Waals surface area (Å²) in [7, 11) is -5.17. The third-order valence-electron chi connectivity index (χ3n) is 1.62. The maximum absolute atomic E-state index is 10.3. The van der Waals surface area contributed by atoms with Crippen LogP contribution in [0, 0.1) is 0 Å². The Balaban J connectivity index is 2.88. The molecule has 0 aromatic rings. The van der Waals surface area contributed by atoms with Crippen molar-refractivity contribution in [3.8, 4) is 0 Å². The summed E-state index contributed by atoms with van der Waals surface area (Å²) in [5, 5.41) is 28.6. The zero-order valence-corrected chi connectivity index (χ0v) is 8.29. The Kier molecular flexibility index (Phi) is 3.50. The minimum Gasteiger partial charge on any atom is -0.726 e. The predicted molar refractivity (Wildman–Crippen MR) is 40.8 cm³/mol. The van der Waals surface area contributed by atoms with Crippen molar-refractivity contribution in [3.05, 3.63) is 11.8 Å². The van der Waals surface area contributed by atoms with Gasteiger partial charge < -0.3 is 29.4 Å². The van der Waals surface area contributed by atoms with E-state index in [9.17, 15) is 28.0 Å². The number of aliphatic carboxylic acids is 1. The van der Waals surface area contributed by atoms with E-state index in [0.29, 0.717) is 6.08 Å². The lowest BCUT2D eigenvalue weighted by Gasteiger charge is -2.32. The zero-order chi connectivity index (χ0) is 12.5. The summed E-state index contributed by atoms with van der Waals surface area (Å²) in [5.74, 6) is -2.70. The predicted octanol–water partition coefficient (Wildman–Crippen LogP) is -3.82. The molecule has 0 spiro atoms. The molecule has 0 aliphatic carbocycles. The van der Waals surface area contributed by atoms with Crippen LogP contribution >= 0.6 is 0 Å². The smallest absolute Gasteiger partial charge is 0.228 e. The molecular weight excluding hydrogens is 248 g/mol. The normalized spacial score (nSPS) is 30.4. The molecule has 0 aromatic heterocycles. The number of hydrogen-bond donors (Lipinski definition) is 2. The summed E-state index contributed by atoms with van der Waals surface area (Å²) in [5.41, 5.74) is 0. The number of carbonyl (C=O) groups is 1. The monoisotopic (exact) mass is 254 g/mol. The molecule has 1 rings (SSSR count). The summed E-state index contributed by atoms with van der Waals surface area (Å²) >= 11 is 0. The first-order valence-corrected chi connectivity index (χ1v) is 5.14. The topological polar surface area (TPSA) is 156 Å². The molecule has 1 aliphatic heterocycles. The van der Waals surface area contributed by atoms with E-state index in [1.165, 1.54) is 0 Å². The lowest BCUT2D eigenvalue weighted by Crippen LogP contribution is -2.46. The second-order valence-corrected chi connectivity index (χ2v) is 3.80. The number of carboxylic acid groups (broad SMARTS) is 1. The molecular formula is C6H6O9S-2. The summed E-state index contributed by atoms with van der Waals surface area (Å²) in [6, 6.07) is 0. The first-order chi connectivity index (χ1) is 7.20. The molecule has 1 aliphatic rings. The van der Waals surface area contributed by atoms with Gasteiger partial charge in [-0.05, 0) is 6.08 Å². The number of carboxylic acids is 1. The molecule has 1 unspecified atom stereocenters. The second kappa shape index (κ2) is 4.35. The van der Waals surface area contributed by atoms with Crippen LogP contribution in [-0.4, -0.2) is 47.7 Å². The molecule has 1 heterocycles. The molecule has 0 fully saturated rings. The SMILES string of the molecule is O=C([O-])C1=C[C@@H](O)C(OS(=O)(=O)[O-])[C@H](O)O1. The quantitative estimate of drug-likeness (QED) is 0.380. The average molecular weight is 254 g/mol. The minimum absolute atomic E-state index is 0.540. The fourth-order valence-corrected chi connectivity index (χ4v) is 1.49. The van der Waals surface area contributed by atoms with Gasteiger partial charge in [-0.3, -0.25) is 4.18 Å². The Morgan fingerprint density at radius 1 is 1.50 bits per heavy atom. The Labute approximate surface area is 89.5 Å². The Bertz CT molecular complexity index is 410. The van der Waals surface area contributed by atoms with Crippen LogP contribution in [0.5, 0.6) is 0 Å². The van der Waals surface area contributed by atoms with Gasteiger partial charge in [-0.2, -0.15) is 0 Å². The highest BCUT2D eigenvalue weighted by Gasteiger charge is 2.35. The second-order valence-electron chi connectivity index (χ2n) is 2.79. The van der Waals surface area contributed by atoms with Gasteiger partial charge in [0.1, 0.15) is 17.8 Å². The summed E-state index contributed by atoms with van der Waals surface area (Å²) in [6.07, 6.45) is -5.33. The van der Waals surface area contributed by atoms with Crippen LogP contribution in [0.3, 0.4) is 0 Å². The molecule has 0 saturated carbocycles. The van der Waals surface area contributed by atoms with E-state index in [2.05, 4.69) is 8.92 Å². The molecule has 0 saturated heterocycles. The highest BCUT2D eigenvalue weighted by molar-refractivity contribution is 7.80. The molecule has 3 atom stereocenters. The van der Waals surface area contributed by atoms with Gasteiger partial charge in [0.2, 0.25) is 16.7 Å². The van der Waals surface area contributed by atoms with Crippen molar-refractivity contribution in [2.24, 2.45) is 0 Å². The van der Waals surface area contributed by atoms with Gasteiger partial charge >= 0.3 is 0 Å². The minimum atomic E-state index is -5.17. The third kappa shape index (κ3) is 3.15. The van der Waals surface area contributed by atoms with Crippen LogP contribution in [0.15, 0.2) is 11.8 Å². The molecule has 92 valence electrons. The molecule has 0 amide bonds. The van der Waals surface area contributed by atoms with E-state index in [4.69, 9.17) is 5.11 Å². The molecule has 0 bridgehead atoms. The van der Waals surface area contributed by atoms with Gasteiger partial charge in [0.05, 0.1) is 0 Å². The number of aliphatic hydroxyl groups excluding tert-OH is 2. The van der Waals surface area contributed by atoms with Crippen LogP contribution in [0.2, 0.25) is 0 Å². The van der Waals surface area contributed by atoms with Crippen LogP contribution in [0.4, 0.5) is 0 Å². The Morgan fingerprint density at radius 3 is 2.44 bits per heavy atom. The number of hydrogen-bond acceptors (Lipinski definition) is 9. The fraction of sp³-hybridized carbons (Fsp3) is 0.500. The van der Waals surface area contributed by atoms with Crippen LogP contribution in [0.1, 0.15) is 0 Å². The lowest BCUT2D eigenvalue weighted by atomic mass is 10.1. The molecule has 0 aromatic carbocycles. The van der Waals surface area contributed by atoms with Gasteiger partial charge in [0.25, 0.3) is 0 Å². The third-order valence-corrected chi connectivity index (χ3v) is 2.08. The van der Waals surface area contributed by atoms with Gasteiger partial charge in [-0.25, -0.2) is 8.42 Å². The van der Waals surface area contributed by atoms with E-state index in [-0.39, 0.29) is 0 Å². The summed E-state index contributed by atoms with van der Waals surface area (Å²) < 4.78 is 38.6. The molecule has 0 radical (unpaired) electrons. The Hall–Kier alpha value is -1.20. The van der Waals surface area contributed by atoms with Gasteiger partial charge in [0, 0.05) is 0 Å². The summed E-state index contributed by atoms with van der Waals surface area (Å²) in [4.78, 5) is 10.3. The number of rotatable bonds is 3. The molecule has 10 heteroatoms. The van der Waals surface area contributed by atoms with Crippen molar-refractivity contribution in [1.82, 2.24) is 0 Å². The maximum atomic E-state index is 10.3. The van der Waals surface area contributed by atoms with Crippen molar-refractivity contribution >= 4 is 16.4 Å². The number of ether oxygens (including phenoxy) is 1. The number of aliphatic hydroxyl groups is 2. The highest BCUT2D eigenvalue weighted by Crippen LogP contribution is 2.20. The van der Waals surface area contributed by atoms with E-state index >= 15 is 0 Å². The van der Waals surface area contributed by atoms with Gasteiger partial charge in [0.15, 0.2) is 6.10 Å². The van der Waals surface area contributed by atoms with Crippen molar-refractivity contribution < 1.29 is 42.0 Å². The van der Waals surface area contributed by atoms with Crippen molar-refractivity contribution in [1.29, 1.82) is 0 Å². The van der Waals surface area contributed by atoms with Crippen LogP contribution in [0.25, 0.3) is 0 Å². The van der Waals surface area contributed by atoms with Gasteiger partial charge in [-0.15, -0.1) is 0 Å². The van der Waals surface area contributed by atoms with Crippen molar-refractivity contribution in [3.63, 3.8) is 0 Å². The average Bonchev–Trinajstić information content (AvgIpc) is 2.09. The fourth-order valence-electron chi connectivity index (χ4n) is 1.01. The van der Waals surface area contributed by atoms with Crippen molar-refractivity contribution in [2.45, 2.75) is 18.5 Å². The standard InChI is InChI=1S/C6H8O9S/c7-2-1-3(5(8)9)14-6(10)4(2)15-16(11,12)13/h1-2,4,6-7,10H,(H,8,9)(H,11,12,13)/p-2/t2-,4?,6-/m1/s1. The van der Waals surface area contributed by atoms with E-state index in [1.54, 1.807) is 0 Å². The molecule has 2 N–H and O–H groups in total. The number of carbonyl (C=O) groups excluding carboxylic acids is 1. The van der Waals surface area contributed by atoms with Crippen LogP contribution in [-0.2, 0) is 24.1 Å². The van der Waals surface area contributed by atoms with Gasteiger partial charge in [-0.1, -0.05) is 0 Å². The first kappa shape index (κ1) is 12.9. The highest BCUT2D eigenvalue weighted by atomic mass is 32.3. The maximum Gasteiger partial charge on any atom is 0.228 e. The van der Waals surface area contributed by atoms with E-state index in [0.717, 1.165) is 0 Å². The Morgan fingerprint density at radius 2 is 2.06 bits per heavy atom. The van der Waals surface area contributed by atoms with Crippen molar-refractivity contribution in [2.75, 3.05) is 0 Å². The van der Waals surface area contributed by atoms with E-state index in [1.807, 2.05) is 0 Å². The molecule has 16 heavy (non-hydrogen) atoms. The first-order valence-electron chi connectivity index (χ1n) is 3.81.